The molecule has 7 heteroatoms. The SMILES string of the molecule is CC(C)Cc1cc(C(=O)N2CCCC(OCc3ccccc3)C2)nnc1-c1nc(C(C)C)co1. The summed E-state index contributed by atoms with van der Waals surface area (Å²) in [5, 5.41) is 8.69. The van der Waals surface area contributed by atoms with Crippen LogP contribution in [0.2, 0.25) is 0 Å². The fourth-order valence-electron chi connectivity index (χ4n) is 4.18. The number of hydrogen-bond acceptors (Lipinski definition) is 6. The minimum atomic E-state index is -0.104. The molecule has 4 rings (SSSR count). The number of amides is 1. The van der Waals surface area contributed by atoms with Gasteiger partial charge in [-0.15, -0.1) is 10.2 Å². The second kappa shape index (κ2) is 10.9. The van der Waals surface area contributed by atoms with E-state index in [-0.39, 0.29) is 17.9 Å². The summed E-state index contributed by atoms with van der Waals surface area (Å²) in [5.74, 6) is 0.998. The van der Waals surface area contributed by atoms with Crippen LogP contribution in [0.3, 0.4) is 0 Å². The second-order valence-corrected chi connectivity index (χ2v) is 9.75. The van der Waals surface area contributed by atoms with Gasteiger partial charge in [0.05, 0.1) is 18.4 Å². The van der Waals surface area contributed by atoms with E-state index in [9.17, 15) is 4.79 Å². The third-order valence-electron chi connectivity index (χ3n) is 6.03. The summed E-state index contributed by atoms with van der Waals surface area (Å²) in [6.07, 6.45) is 4.30. The summed E-state index contributed by atoms with van der Waals surface area (Å²) in [4.78, 5) is 19.8. The van der Waals surface area contributed by atoms with Crippen LogP contribution in [0.25, 0.3) is 11.6 Å². The lowest BCUT2D eigenvalue weighted by atomic mass is 10.0. The molecule has 1 aromatic carbocycles. The normalized spacial score (nSPS) is 16.4. The third-order valence-corrected chi connectivity index (χ3v) is 6.03. The highest BCUT2D eigenvalue weighted by atomic mass is 16.5. The zero-order valence-electron chi connectivity index (χ0n) is 20.5. The number of piperidine rings is 1. The number of oxazole rings is 1. The van der Waals surface area contributed by atoms with Crippen molar-refractivity contribution < 1.29 is 13.9 Å². The van der Waals surface area contributed by atoms with E-state index in [1.165, 1.54) is 0 Å². The Hall–Kier alpha value is -3.06. The molecule has 34 heavy (non-hydrogen) atoms. The van der Waals surface area contributed by atoms with Crippen molar-refractivity contribution in [1.82, 2.24) is 20.1 Å². The Bertz CT molecular complexity index is 1090. The number of carbonyl (C=O) groups excluding carboxylic acids is 1. The Balaban J connectivity index is 1.49. The number of carbonyl (C=O) groups is 1. The third kappa shape index (κ3) is 5.89. The van der Waals surface area contributed by atoms with Gasteiger partial charge in [0.25, 0.3) is 5.91 Å². The van der Waals surface area contributed by atoms with Gasteiger partial charge >= 0.3 is 0 Å². The summed E-state index contributed by atoms with van der Waals surface area (Å²) < 4.78 is 11.8. The molecule has 1 fully saturated rings. The van der Waals surface area contributed by atoms with Gasteiger partial charge in [0.2, 0.25) is 5.89 Å². The average Bonchev–Trinajstić information content (AvgIpc) is 3.33. The minimum absolute atomic E-state index is 0.0158. The van der Waals surface area contributed by atoms with E-state index in [2.05, 4.69) is 55.0 Å². The molecule has 1 atom stereocenters. The van der Waals surface area contributed by atoms with Crippen LogP contribution in [0.1, 0.15) is 73.8 Å². The molecule has 0 N–H and O–H groups in total. The lowest BCUT2D eigenvalue weighted by molar-refractivity contribution is -0.00692. The second-order valence-electron chi connectivity index (χ2n) is 9.75. The van der Waals surface area contributed by atoms with Gasteiger partial charge in [0.1, 0.15) is 6.26 Å². The molecule has 0 spiro atoms. The summed E-state index contributed by atoms with van der Waals surface area (Å²) >= 11 is 0. The number of nitrogens with zero attached hydrogens (tertiary/aromatic N) is 4. The molecular formula is C27H34N4O3. The van der Waals surface area contributed by atoms with E-state index in [1.807, 2.05) is 29.2 Å². The van der Waals surface area contributed by atoms with Gasteiger partial charge in [0, 0.05) is 13.1 Å². The molecule has 1 aliphatic heterocycles. The lowest BCUT2D eigenvalue weighted by Crippen LogP contribution is -2.43. The molecule has 3 heterocycles. The first-order chi connectivity index (χ1) is 16.4. The van der Waals surface area contributed by atoms with E-state index < -0.39 is 0 Å². The number of ether oxygens (including phenoxy) is 1. The molecule has 0 aliphatic carbocycles. The number of likely N-dealkylation sites (tertiary alicyclic amines) is 1. The monoisotopic (exact) mass is 462 g/mol. The van der Waals surface area contributed by atoms with Crippen LogP contribution in [0, 0.1) is 5.92 Å². The zero-order chi connectivity index (χ0) is 24.1. The van der Waals surface area contributed by atoms with Crippen LogP contribution in [-0.2, 0) is 17.8 Å². The average molecular weight is 463 g/mol. The van der Waals surface area contributed by atoms with Crippen LogP contribution in [0.15, 0.2) is 47.1 Å². The number of hydrogen-bond donors (Lipinski definition) is 0. The summed E-state index contributed by atoms with van der Waals surface area (Å²) in [6, 6.07) is 12.0. The fourth-order valence-corrected chi connectivity index (χ4v) is 4.18. The number of aromatic nitrogens is 3. The molecule has 0 bridgehead atoms. The zero-order valence-corrected chi connectivity index (χ0v) is 20.5. The van der Waals surface area contributed by atoms with Crippen molar-refractivity contribution in [1.29, 1.82) is 0 Å². The molecule has 180 valence electrons. The van der Waals surface area contributed by atoms with Crippen molar-refractivity contribution in [2.24, 2.45) is 5.92 Å². The van der Waals surface area contributed by atoms with Crippen LogP contribution in [0.4, 0.5) is 0 Å². The lowest BCUT2D eigenvalue weighted by Gasteiger charge is -2.32. The fraction of sp³-hybridized carbons (Fsp3) is 0.481. The van der Waals surface area contributed by atoms with Crippen molar-refractivity contribution in [3.05, 3.63) is 65.2 Å². The molecule has 0 saturated carbocycles. The van der Waals surface area contributed by atoms with Crippen LogP contribution < -0.4 is 0 Å². The molecule has 1 unspecified atom stereocenters. The van der Waals surface area contributed by atoms with E-state index in [4.69, 9.17) is 9.15 Å². The first-order valence-electron chi connectivity index (χ1n) is 12.2. The summed E-state index contributed by atoms with van der Waals surface area (Å²) in [6.45, 7) is 10.2. The highest BCUT2D eigenvalue weighted by Gasteiger charge is 2.27. The van der Waals surface area contributed by atoms with Crippen LogP contribution >= 0.6 is 0 Å². The maximum atomic E-state index is 13.3. The minimum Gasteiger partial charge on any atom is -0.443 e. The number of benzene rings is 1. The Morgan fingerprint density at radius 2 is 1.97 bits per heavy atom. The molecule has 0 radical (unpaired) electrons. The van der Waals surface area contributed by atoms with E-state index in [0.717, 1.165) is 36.1 Å². The van der Waals surface area contributed by atoms with E-state index in [1.54, 1.807) is 6.26 Å². The van der Waals surface area contributed by atoms with Gasteiger partial charge in [-0.1, -0.05) is 58.0 Å². The van der Waals surface area contributed by atoms with Gasteiger partial charge in [-0.2, -0.15) is 0 Å². The molecule has 7 nitrogen and oxygen atoms in total. The Morgan fingerprint density at radius 1 is 1.18 bits per heavy atom. The van der Waals surface area contributed by atoms with Gasteiger partial charge < -0.3 is 14.1 Å². The topological polar surface area (TPSA) is 81.4 Å². The summed E-state index contributed by atoms with van der Waals surface area (Å²) in [5.41, 5.74) is 3.92. The molecule has 1 saturated heterocycles. The molecule has 1 aliphatic rings. The predicted molar refractivity (Wildman–Crippen MR) is 130 cm³/mol. The molecular weight excluding hydrogens is 428 g/mol. The summed E-state index contributed by atoms with van der Waals surface area (Å²) in [7, 11) is 0. The highest BCUT2D eigenvalue weighted by Crippen LogP contribution is 2.26. The Kier molecular flexibility index (Phi) is 7.73. The van der Waals surface area contributed by atoms with Crippen LogP contribution in [-0.4, -0.2) is 45.2 Å². The molecule has 1 amide bonds. The number of rotatable bonds is 8. The van der Waals surface area contributed by atoms with Crippen molar-refractivity contribution in [3.8, 4) is 11.6 Å². The van der Waals surface area contributed by atoms with E-state index >= 15 is 0 Å². The van der Waals surface area contributed by atoms with Gasteiger partial charge in [-0.3, -0.25) is 4.79 Å². The van der Waals surface area contributed by atoms with Crippen molar-refractivity contribution in [2.75, 3.05) is 13.1 Å². The van der Waals surface area contributed by atoms with Crippen LogP contribution in [0.5, 0.6) is 0 Å². The maximum Gasteiger partial charge on any atom is 0.274 e. The molecule has 3 aromatic rings. The van der Waals surface area contributed by atoms with Crippen molar-refractivity contribution >= 4 is 5.91 Å². The quantitative estimate of drug-likeness (QED) is 0.453. The Labute approximate surface area is 201 Å². The molecule has 2 aromatic heterocycles. The van der Waals surface area contributed by atoms with E-state index in [0.29, 0.717) is 42.9 Å². The Morgan fingerprint density at radius 3 is 2.68 bits per heavy atom. The van der Waals surface area contributed by atoms with Gasteiger partial charge in [-0.05, 0) is 48.3 Å². The maximum absolute atomic E-state index is 13.3. The largest absolute Gasteiger partial charge is 0.443 e. The van der Waals surface area contributed by atoms with Gasteiger partial charge in [-0.25, -0.2) is 4.98 Å². The smallest absolute Gasteiger partial charge is 0.274 e. The van der Waals surface area contributed by atoms with Gasteiger partial charge in [0.15, 0.2) is 11.4 Å². The predicted octanol–water partition coefficient (Wildman–Crippen LogP) is 5.27. The van der Waals surface area contributed by atoms with Crippen molar-refractivity contribution in [3.63, 3.8) is 0 Å². The highest BCUT2D eigenvalue weighted by molar-refractivity contribution is 5.92. The first kappa shape index (κ1) is 24.1. The van der Waals surface area contributed by atoms with Crippen molar-refractivity contribution in [2.45, 2.75) is 65.6 Å². The standard InChI is InChI=1S/C27H34N4O3/c1-18(2)13-21-14-23(29-30-25(21)26-28-24(17-34-26)19(3)4)27(32)31-12-8-11-22(15-31)33-16-20-9-6-5-7-10-20/h5-7,9-10,14,17-19,22H,8,11-13,15-16H2,1-4H3. The first-order valence-corrected chi connectivity index (χ1v) is 12.2.